The maximum atomic E-state index is 12.6. The largest absolute Gasteiger partial charge is 0.467 e. The molecule has 1 aromatic rings. The molecule has 2 fully saturated rings. The third-order valence-corrected chi connectivity index (χ3v) is 4.76. The Morgan fingerprint density at radius 2 is 2.33 bits per heavy atom. The first kappa shape index (κ1) is 14.6. The zero-order valence-corrected chi connectivity index (χ0v) is 12.8. The monoisotopic (exact) mass is 291 g/mol. The molecule has 1 amide bonds. The van der Waals surface area contributed by atoms with Crippen LogP contribution in [0.15, 0.2) is 22.8 Å². The van der Waals surface area contributed by atoms with Gasteiger partial charge in [-0.1, -0.05) is 6.92 Å². The van der Waals surface area contributed by atoms with Gasteiger partial charge in [0.05, 0.1) is 18.4 Å². The topological polar surface area (TPSA) is 42.7 Å². The number of rotatable bonds is 4. The van der Waals surface area contributed by atoms with Crippen molar-refractivity contribution in [2.75, 3.05) is 13.2 Å². The fourth-order valence-corrected chi connectivity index (χ4v) is 3.49. The van der Waals surface area contributed by atoms with Gasteiger partial charge < -0.3 is 14.1 Å². The predicted molar refractivity (Wildman–Crippen MR) is 79.8 cm³/mol. The smallest absolute Gasteiger partial charge is 0.223 e. The molecule has 0 spiro atoms. The molecule has 0 saturated carbocycles. The van der Waals surface area contributed by atoms with Gasteiger partial charge >= 0.3 is 0 Å². The molecule has 2 saturated heterocycles. The highest BCUT2D eigenvalue weighted by atomic mass is 16.5. The van der Waals surface area contributed by atoms with Crippen molar-refractivity contribution in [2.45, 2.75) is 57.6 Å². The van der Waals surface area contributed by atoms with Crippen molar-refractivity contribution >= 4 is 5.91 Å². The number of likely N-dealkylation sites (tertiary alicyclic amines) is 1. The average Bonchev–Trinajstić information content (AvgIpc) is 3.18. The quantitative estimate of drug-likeness (QED) is 0.852. The van der Waals surface area contributed by atoms with E-state index in [-0.39, 0.29) is 11.9 Å². The highest BCUT2D eigenvalue weighted by molar-refractivity contribution is 5.76. The first-order valence-corrected chi connectivity index (χ1v) is 8.18. The summed E-state index contributed by atoms with van der Waals surface area (Å²) in [6.07, 6.45) is 7.76. The molecule has 3 unspecified atom stereocenters. The summed E-state index contributed by atoms with van der Waals surface area (Å²) in [7, 11) is 0. The lowest BCUT2D eigenvalue weighted by molar-refractivity contribution is -0.136. The molecule has 4 heteroatoms. The Bertz CT molecular complexity index is 451. The van der Waals surface area contributed by atoms with Gasteiger partial charge in [-0.25, -0.2) is 0 Å². The summed E-state index contributed by atoms with van der Waals surface area (Å²) >= 11 is 0. The van der Waals surface area contributed by atoms with Crippen LogP contribution in [-0.4, -0.2) is 30.1 Å². The van der Waals surface area contributed by atoms with E-state index in [1.54, 1.807) is 6.26 Å². The molecule has 0 radical (unpaired) electrons. The van der Waals surface area contributed by atoms with E-state index < -0.39 is 0 Å². The van der Waals surface area contributed by atoms with E-state index in [4.69, 9.17) is 9.15 Å². The van der Waals surface area contributed by atoms with Crippen LogP contribution in [0, 0.1) is 5.92 Å². The van der Waals surface area contributed by atoms with E-state index in [1.165, 1.54) is 0 Å². The van der Waals surface area contributed by atoms with Crippen LogP contribution in [0.1, 0.15) is 57.3 Å². The van der Waals surface area contributed by atoms with Gasteiger partial charge in [0, 0.05) is 19.6 Å². The second-order valence-electron chi connectivity index (χ2n) is 6.42. The summed E-state index contributed by atoms with van der Waals surface area (Å²) in [5.41, 5.74) is 0. The molecule has 0 aromatic carbocycles. The van der Waals surface area contributed by atoms with E-state index in [1.807, 2.05) is 17.0 Å². The SMILES string of the molecule is CC1CCN(C(=O)CCC2CCCO2)C(c2ccco2)C1. The van der Waals surface area contributed by atoms with Crippen molar-refractivity contribution in [2.24, 2.45) is 5.92 Å². The van der Waals surface area contributed by atoms with Gasteiger partial charge in [-0.15, -0.1) is 0 Å². The summed E-state index contributed by atoms with van der Waals surface area (Å²) in [6, 6.07) is 4.01. The standard InChI is InChI=1S/C17H25NO3/c1-13-8-9-18(15(12-13)16-5-3-11-21-16)17(19)7-6-14-4-2-10-20-14/h3,5,11,13-15H,2,4,6-10,12H2,1H3. The maximum absolute atomic E-state index is 12.6. The van der Waals surface area contributed by atoms with Crippen molar-refractivity contribution in [1.82, 2.24) is 4.90 Å². The number of hydrogen-bond donors (Lipinski definition) is 0. The number of amides is 1. The number of hydrogen-bond acceptors (Lipinski definition) is 3. The number of nitrogens with zero attached hydrogens (tertiary/aromatic N) is 1. The molecule has 3 rings (SSSR count). The van der Waals surface area contributed by atoms with Crippen molar-refractivity contribution in [1.29, 1.82) is 0 Å². The predicted octanol–water partition coefficient (Wildman–Crippen LogP) is 3.54. The van der Waals surface area contributed by atoms with E-state index in [9.17, 15) is 4.79 Å². The molecule has 2 aliphatic heterocycles. The van der Waals surface area contributed by atoms with Crippen LogP contribution < -0.4 is 0 Å². The minimum absolute atomic E-state index is 0.112. The van der Waals surface area contributed by atoms with Crippen LogP contribution in [0.4, 0.5) is 0 Å². The molecule has 3 heterocycles. The molecule has 1 aromatic heterocycles. The van der Waals surface area contributed by atoms with E-state index >= 15 is 0 Å². The number of ether oxygens (including phenoxy) is 1. The lowest BCUT2D eigenvalue weighted by Gasteiger charge is -2.37. The highest BCUT2D eigenvalue weighted by Crippen LogP contribution is 2.35. The van der Waals surface area contributed by atoms with E-state index in [2.05, 4.69) is 6.92 Å². The molecular formula is C17H25NO3. The van der Waals surface area contributed by atoms with Gasteiger partial charge in [0.1, 0.15) is 5.76 Å². The van der Waals surface area contributed by atoms with Crippen LogP contribution in [0.2, 0.25) is 0 Å². The van der Waals surface area contributed by atoms with E-state index in [0.29, 0.717) is 18.4 Å². The fraction of sp³-hybridized carbons (Fsp3) is 0.706. The summed E-state index contributed by atoms with van der Waals surface area (Å²) in [5, 5.41) is 0. The molecule has 116 valence electrons. The minimum atomic E-state index is 0.112. The second kappa shape index (κ2) is 6.65. The zero-order chi connectivity index (χ0) is 14.7. The van der Waals surface area contributed by atoms with Gasteiger partial charge in [-0.05, 0) is 50.2 Å². The Balaban J connectivity index is 1.61. The minimum Gasteiger partial charge on any atom is -0.467 e. The van der Waals surface area contributed by atoms with Gasteiger partial charge in [0.2, 0.25) is 5.91 Å². The van der Waals surface area contributed by atoms with Crippen LogP contribution >= 0.6 is 0 Å². The summed E-state index contributed by atoms with van der Waals surface area (Å²) in [5.74, 6) is 1.81. The Morgan fingerprint density at radius 1 is 1.43 bits per heavy atom. The van der Waals surface area contributed by atoms with Crippen LogP contribution in [0.3, 0.4) is 0 Å². The number of furan rings is 1. The summed E-state index contributed by atoms with van der Waals surface area (Å²) < 4.78 is 11.2. The van der Waals surface area contributed by atoms with Gasteiger partial charge in [-0.2, -0.15) is 0 Å². The Labute approximate surface area is 126 Å². The van der Waals surface area contributed by atoms with Crippen molar-refractivity contribution in [3.63, 3.8) is 0 Å². The van der Waals surface area contributed by atoms with Crippen LogP contribution in [0.5, 0.6) is 0 Å². The first-order valence-electron chi connectivity index (χ1n) is 8.18. The third-order valence-electron chi connectivity index (χ3n) is 4.76. The van der Waals surface area contributed by atoms with Gasteiger partial charge in [0.15, 0.2) is 0 Å². The van der Waals surface area contributed by atoms with Crippen LogP contribution in [-0.2, 0) is 9.53 Å². The summed E-state index contributed by atoms with van der Waals surface area (Å²) in [4.78, 5) is 14.6. The molecule has 4 nitrogen and oxygen atoms in total. The molecular weight excluding hydrogens is 266 g/mol. The third kappa shape index (κ3) is 3.49. The first-order chi connectivity index (χ1) is 10.2. The van der Waals surface area contributed by atoms with Crippen molar-refractivity contribution in [3.8, 4) is 0 Å². The average molecular weight is 291 g/mol. The molecule has 0 aliphatic carbocycles. The summed E-state index contributed by atoms with van der Waals surface area (Å²) in [6.45, 7) is 3.95. The highest BCUT2D eigenvalue weighted by Gasteiger charge is 2.32. The number of carbonyl (C=O) groups excluding carboxylic acids is 1. The van der Waals surface area contributed by atoms with Gasteiger partial charge in [0.25, 0.3) is 0 Å². The number of piperidine rings is 1. The van der Waals surface area contributed by atoms with Crippen molar-refractivity contribution < 1.29 is 13.9 Å². The lowest BCUT2D eigenvalue weighted by atomic mass is 9.90. The Morgan fingerprint density at radius 3 is 3.05 bits per heavy atom. The number of carbonyl (C=O) groups is 1. The maximum Gasteiger partial charge on any atom is 0.223 e. The zero-order valence-electron chi connectivity index (χ0n) is 12.8. The molecule has 2 aliphatic rings. The molecule has 21 heavy (non-hydrogen) atoms. The molecule has 0 N–H and O–H groups in total. The Hall–Kier alpha value is -1.29. The lowest BCUT2D eigenvalue weighted by Crippen LogP contribution is -2.40. The van der Waals surface area contributed by atoms with Crippen molar-refractivity contribution in [3.05, 3.63) is 24.2 Å². The normalized spacial score (nSPS) is 29.8. The molecule has 3 atom stereocenters. The van der Waals surface area contributed by atoms with E-state index in [0.717, 1.165) is 51.0 Å². The van der Waals surface area contributed by atoms with Crippen LogP contribution in [0.25, 0.3) is 0 Å². The second-order valence-corrected chi connectivity index (χ2v) is 6.42. The molecule has 0 bridgehead atoms. The fourth-order valence-electron chi connectivity index (χ4n) is 3.49. The Kier molecular flexibility index (Phi) is 4.63. The van der Waals surface area contributed by atoms with Gasteiger partial charge in [-0.3, -0.25) is 4.79 Å².